The van der Waals surface area contributed by atoms with Crippen LogP contribution in [0.1, 0.15) is 19.4 Å². The fourth-order valence-electron chi connectivity index (χ4n) is 1.53. The maximum Gasteiger partial charge on any atom is 0.153 e. The van der Waals surface area contributed by atoms with Crippen LogP contribution in [0.25, 0.3) is 0 Å². The number of oxime groups is 1. The molecule has 1 rings (SSSR count). The van der Waals surface area contributed by atoms with E-state index in [0.29, 0.717) is 23.1 Å². The van der Waals surface area contributed by atoms with Crippen LogP contribution in [-0.2, 0) is 6.54 Å². The largest absolute Gasteiger partial charge is 0.409 e. The van der Waals surface area contributed by atoms with Gasteiger partial charge < -0.3 is 10.9 Å². The average molecular weight is 290 g/mol. The van der Waals surface area contributed by atoms with Crippen LogP contribution >= 0.6 is 23.2 Å². The summed E-state index contributed by atoms with van der Waals surface area (Å²) in [6.45, 7) is 5.14. The highest BCUT2D eigenvalue weighted by Crippen LogP contribution is 2.23. The molecule has 0 heterocycles. The van der Waals surface area contributed by atoms with Crippen molar-refractivity contribution in [3.63, 3.8) is 0 Å². The molecule has 0 saturated carbocycles. The highest BCUT2D eigenvalue weighted by Gasteiger charge is 2.12. The predicted octanol–water partition coefficient (Wildman–Crippen LogP) is 2.95. The van der Waals surface area contributed by atoms with Crippen LogP contribution in [0.15, 0.2) is 23.4 Å². The van der Waals surface area contributed by atoms with Gasteiger partial charge in [-0.15, -0.1) is 0 Å². The molecule has 0 bridgehead atoms. The number of amidine groups is 1. The fraction of sp³-hybridized carbons (Fsp3) is 0.417. The van der Waals surface area contributed by atoms with Crippen molar-refractivity contribution >= 4 is 29.0 Å². The molecule has 0 aliphatic rings. The fourth-order valence-corrected chi connectivity index (χ4v) is 1.85. The quantitative estimate of drug-likeness (QED) is 0.379. The average Bonchev–Trinajstić information content (AvgIpc) is 2.32. The summed E-state index contributed by atoms with van der Waals surface area (Å²) < 4.78 is 0. The van der Waals surface area contributed by atoms with Crippen LogP contribution in [0, 0.1) is 0 Å². The molecule has 6 heteroatoms. The summed E-state index contributed by atoms with van der Waals surface area (Å²) >= 11 is 11.8. The minimum absolute atomic E-state index is 0.184. The Morgan fingerprint density at radius 3 is 2.56 bits per heavy atom. The van der Waals surface area contributed by atoms with Crippen molar-refractivity contribution < 1.29 is 5.21 Å². The van der Waals surface area contributed by atoms with E-state index in [2.05, 4.69) is 10.1 Å². The van der Waals surface area contributed by atoms with Gasteiger partial charge >= 0.3 is 0 Å². The molecule has 0 aliphatic heterocycles. The van der Waals surface area contributed by atoms with E-state index in [0.717, 1.165) is 5.56 Å². The number of hydrogen-bond donors (Lipinski definition) is 2. The third-order valence-corrected chi connectivity index (χ3v) is 3.33. The van der Waals surface area contributed by atoms with Gasteiger partial charge in [0.25, 0.3) is 0 Å². The molecule has 0 spiro atoms. The van der Waals surface area contributed by atoms with Crippen molar-refractivity contribution in [3.8, 4) is 0 Å². The van der Waals surface area contributed by atoms with Gasteiger partial charge in [0.05, 0.1) is 16.6 Å². The highest BCUT2D eigenvalue weighted by atomic mass is 35.5. The number of nitrogens with two attached hydrogens (primary N) is 1. The smallest absolute Gasteiger partial charge is 0.153 e. The zero-order valence-electron chi connectivity index (χ0n) is 10.4. The summed E-state index contributed by atoms with van der Waals surface area (Å²) in [5.41, 5.74) is 6.56. The summed E-state index contributed by atoms with van der Waals surface area (Å²) in [4.78, 5) is 2.06. The summed E-state index contributed by atoms with van der Waals surface area (Å²) in [5.74, 6) is 0.184. The van der Waals surface area contributed by atoms with Crippen molar-refractivity contribution in [1.29, 1.82) is 0 Å². The van der Waals surface area contributed by atoms with Gasteiger partial charge in [-0.05, 0) is 31.5 Å². The van der Waals surface area contributed by atoms with Crippen molar-refractivity contribution in [2.75, 3.05) is 6.54 Å². The SMILES string of the molecule is CC(C)N(CC(N)=NO)Cc1ccc(Cl)c(Cl)c1. The number of halogens is 2. The van der Waals surface area contributed by atoms with Crippen molar-refractivity contribution in [3.05, 3.63) is 33.8 Å². The van der Waals surface area contributed by atoms with E-state index in [1.165, 1.54) is 0 Å². The van der Waals surface area contributed by atoms with Gasteiger partial charge in [-0.25, -0.2) is 0 Å². The van der Waals surface area contributed by atoms with Gasteiger partial charge in [0.2, 0.25) is 0 Å². The van der Waals surface area contributed by atoms with Gasteiger partial charge in [0.1, 0.15) is 0 Å². The number of benzene rings is 1. The van der Waals surface area contributed by atoms with E-state index in [4.69, 9.17) is 34.1 Å². The van der Waals surface area contributed by atoms with Crippen LogP contribution in [0.4, 0.5) is 0 Å². The summed E-state index contributed by atoms with van der Waals surface area (Å²) in [7, 11) is 0. The molecule has 1 aromatic rings. The molecule has 0 atom stereocenters. The molecule has 0 amide bonds. The first-order chi connectivity index (χ1) is 8.43. The molecule has 0 radical (unpaired) electrons. The predicted molar refractivity (Wildman–Crippen MR) is 75.4 cm³/mol. The third-order valence-electron chi connectivity index (χ3n) is 2.59. The monoisotopic (exact) mass is 289 g/mol. The van der Waals surface area contributed by atoms with E-state index in [1.54, 1.807) is 6.07 Å². The van der Waals surface area contributed by atoms with Crippen molar-refractivity contribution in [2.24, 2.45) is 10.9 Å². The van der Waals surface area contributed by atoms with Gasteiger partial charge in [-0.2, -0.15) is 0 Å². The first-order valence-electron chi connectivity index (χ1n) is 5.58. The Morgan fingerprint density at radius 2 is 2.06 bits per heavy atom. The molecule has 3 N–H and O–H groups in total. The molecule has 0 unspecified atom stereocenters. The number of nitrogens with zero attached hydrogens (tertiary/aromatic N) is 2. The van der Waals surface area contributed by atoms with E-state index in [1.807, 2.05) is 26.0 Å². The minimum atomic E-state index is 0.184. The molecule has 18 heavy (non-hydrogen) atoms. The number of hydrogen-bond acceptors (Lipinski definition) is 3. The lowest BCUT2D eigenvalue weighted by atomic mass is 10.2. The van der Waals surface area contributed by atoms with E-state index in [9.17, 15) is 0 Å². The second-order valence-electron chi connectivity index (χ2n) is 4.34. The maximum absolute atomic E-state index is 8.61. The molecule has 0 fully saturated rings. The van der Waals surface area contributed by atoms with Gasteiger partial charge in [-0.1, -0.05) is 34.4 Å². The molecular weight excluding hydrogens is 273 g/mol. The van der Waals surface area contributed by atoms with Crippen molar-refractivity contribution in [1.82, 2.24) is 4.90 Å². The highest BCUT2D eigenvalue weighted by molar-refractivity contribution is 6.42. The summed E-state index contributed by atoms with van der Waals surface area (Å²) in [6, 6.07) is 5.77. The van der Waals surface area contributed by atoms with E-state index >= 15 is 0 Å². The Morgan fingerprint density at radius 1 is 1.39 bits per heavy atom. The van der Waals surface area contributed by atoms with Gasteiger partial charge in [-0.3, -0.25) is 4.90 Å². The minimum Gasteiger partial charge on any atom is -0.409 e. The van der Waals surface area contributed by atoms with E-state index in [-0.39, 0.29) is 11.9 Å². The molecule has 0 aliphatic carbocycles. The second-order valence-corrected chi connectivity index (χ2v) is 5.15. The molecular formula is C12H17Cl2N3O. The summed E-state index contributed by atoms with van der Waals surface area (Å²) in [5, 5.41) is 12.7. The maximum atomic E-state index is 8.61. The number of rotatable bonds is 5. The second kappa shape index (κ2) is 6.83. The van der Waals surface area contributed by atoms with Crippen LogP contribution in [0.3, 0.4) is 0 Å². The first-order valence-corrected chi connectivity index (χ1v) is 6.34. The molecule has 100 valence electrons. The van der Waals surface area contributed by atoms with Gasteiger partial charge in [0.15, 0.2) is 5.84 Å². The Kier molecular flexibility index (Phi) is 5.72. The Hall–Kier alpha value is -0.970. The van der Waals surface area contributed by atoms with Crippen LogP contribution < -0.4 is 5.73 Å². The Labute approximate surface area is 117 Å². The third kappa shape index (κ3) is 4.37. The zero-order valence-corrected chi connectivity index (χ0v) is 11.9. The van der Waals surface area contributed by atoms with Crippen LogP contribution in [0.2, 0.25) is 10.0 Å². The molecule has 4 nitrogen and oxygen atoms in total. The van der Waals surface area contributed by atoms with Crippen molar-refractivity contribution in [2.45, 2.75) is 26.4 Å². The Bertz CT molecular complexity index is 435. The van der Waals surface area contributed by atoms with Crippen LogP contribution in [0.5, 0.6) is 0 Å². The van der Waals surface area contributed by atoms with Crippen LogP contribution in [-0.4, -0.2) is 28.5 Å². The van der Waals surface area contributed by atoms with Gasteiger partial charge in [0, 0.05) is 12.6 Å². The van der Waals surface area contributed by atoms with E-state index < -0.39 is 0 Å². The summed E-state index contributed by atoms with van der Waals surface area (Å²) in [6.07, 6.45) is 0. The Balaban J connectivity index is 2.80. The lowest BCUT2D eigenvalue weighted by molar-refractivity contribution is 0.238. The molecule has 0 aromatic heterocycles. The zero-order chi connectivity index (χ0) is 13.7. The lowest BCUT2D eigenvalue weighted by Gasteiger charge is -2.25. The first kappa shape index (κ1) is 15.1. The lowest BCUT2D eigenvalue weighted by Crippen LogP contribution is -2.38. The topological polar surface area (TPSA) is 61.8 Å². The molecule has 0 saturated heterocycles. The molecule has 1 aromatic carbocycles. The normalized spacial score (nSPS) is 12.4. The standard InChI is InChI=1S/C12H17Cl2N3O/c1-8(2)17(7-12(15)16-18)6-9-3-4-10(13)11(14)5-9/h3-5,8,18H,6-7H2,1-2H3,(H2,15,16).